The van der Waals surface area contributed by atoms with Gasteiger partial charge in [-0.1, -0.05) is 36.4 Å². The fourth-order valence-corrected chi connectivity index (χ4v) is 1.93. The molecule has 2 aromatic carbocycles. The Bertz CT molecular complexity index is 758. The molecule has 0 N–H and O–H groups in total. The number of rotatable bonds is 1. The molecule has 0 aliphatic rings. The molecule has 88 valence electrons. The monoisotopic (exact) mass is 237 g/mol. The van der Waals surface area contributed by atoms with Crippen molar-refractivity contribution in [3.05, 3.63) is 65.0 Å². The van der Waals surface area contributed by atoms with Gasteiger partial charge in [-0.2, -0.15) is 0 Å². The van der Waals surface area contributed by atoms with E-state index < -0.39 is 0 Å². The van der Waals surface area contributed by atoms with E-state index in [-0.39, 0.29) is 11.2 Å². The predicted molar refractivity (Wildman–Crippen MR) is 67.4 cm³/mol. The minimum Gasteiger partial charge on any atom is -0.872 e. The van der Waals surface area contributed by atoms with Crippen LogP contribution >= 0.6 is 0 Å². The SMILES string of the molecule is O=c1c(-c2ccccc2)coc2cc([O-])ccc12. The van der Waals surface area contributed by atoms with Crippen LogP contribution < -0.4 is 10.5 Å². The van der Waals surface area contributed by atoms with Crippen molar-refractivity contribution in [1.82, 2.24) is 0 Å². The molecule has 3 aromatic rings. The quantitative estimate of drug-likeness (QED) is 0.653. The van der Waals surface area contributed by atoms with Crippen LogP contribution in [0.4, 0.5) is 0 Å². The average molecular weight is 237 g/mol. The normalized spacial score (nSPS) is 10.7. The average Bonchev–Trinajstić information content (AvgIpc) is 2.40. The molecule has 0 aliphatic heterocycles. The molecule has 18 heavy (non-hydrogen) atoms. The van der Waals surface area contributed by atoms with Gasteiger partial charge in [-0.05, 0) is 17.7 Å². The maximum Gasteiger partial charge on any atom is 0.200 e. The Morgan fingerprint density at radius 1 is 1.00 bits per heavy atom. The van der Waals surface area contributed by atoms with Crippen LogP contribution in [0.5, 0.6) is 5.75 Å². The van der Waals surface area contributed by atoms with Crippen LogP contribution in [0.15, 0.2) is 64.0 Å². The van der Waals surface area contributed by atoms with Gasteiger partial charge in [0.1, 0.15) is 11.8 Å². The topological polar surface area (TPSA) is 53.3 Å². The summed E-state index contributed by atoms with van der Waals surface area (Å²) in [5, 5.41) is 11.6. The Morgan fingerprint density at radius 2 is 1.78 bits per heavy atom. The van der Waals surface area contributed by atoms with Gasteiger partial charge in [0.05, 0.1) is 10.9 Å². The van der Waals surface area contributed by atoms with E-state index in [1.54, 1.807) is 0 Å². The fraction of sp³-hybridized carbons (Fsp3) is 0. The lowest BCUT2D eigenvalue weighted by Gasteiger charge is -2.06. The summed E-state index contributed by atoms with van der Waals surface area (Å²) in [6.45, 7) is 0. The van der Waals surface area contributed by atoms with E-state index in [2.05, 4.69) is 0 Å². The lowest BCUT2D eigenvalue weighted by atomic mass is 10.1. The zero-order valence-electron chi connectivity index (χ0n) is 9.42. The highest BCUT2D eigenvalue weighted by Crippen LogP contribution is 2.21. The maximum atomic E-state index is 12.3. The van der Waals surface area contributed by atoms with Gasteiger partial charge in [0.25, 0.3) is 0 Å². The largest absolute Gasteiger partial charge is 0.872 e. The molecule has 0 unspecified atom stereocenters. The number of hydrogen-bond donors (Lipinski definition) is 0. The Kier molecular flexibility index (Phi) is 2.38. The van der Waals surface area contributed by atoms with Crippen molar-refractivity contribution in [3.63, 3.8) is 0 Å². The van der Waals surface area contributed by atoms with Crippen molar-refractivity contribution in [2.45, 2.75) is 0 Å². The molecule has 3 rings (SSSR count). The molecule has 0 atom stereocenters. The van der Waals surface area contributed by atoms with E-state index in [9.17, 15) is 9.90 Å². The summed E-state index contributed by atoms with van der Waals surface area (Å²) >= 11 is 0. The highest BCUT2D eigenvalue weighted by Gasteiger charge is 2.07. The van der Waals surface area contributed by atoms with Crippen molar-refractivity contribution < 1.29 is 9.52 Å². The fourth-order valence-electron chi connectivity index (χ4n) is 1.93. The lowest BCUT2D eigenvalue weighted by Crippen LogP contribution is -2.05. The Hall–Kier alpha value is -2.55. The minimum atomic E-state index is -0.168. The molecule has 0 amide bonds. The smallest absolute Gasteiger partial charge is 0.200 e. The molecule has 3 nitrogen and oxygen atoms in total. The van der Waals surface area contributed by atoms with E-state index in [4.69, 9.17) is 4.42 Å². The Labute approximate surface area is 103 Å². The lowest BCUT2D eigenvalue weighted by molar-refractivity contribution is -0.268. The van der Waals surface area contributed by atoms with Crippen LogP contribution in [0.3, 0.4) is 0 Å². The molecule has 0 bridgehead atoms. The molecular weight excluding hydrogens is 228 g/mol. The highest BCUT2D eigenvalue weighted by molar-refractivity contribution is 5.82. The van der Waals surface area contributed by atoms with Crippen molar-refractivity contribution in [2.24, 2.45) is 0 Å². The first-order valence-corrected chi connectivity index (χ1v) is 5.54. The van der Waals surface area contributed by atoms with Crippen LogP contribution in [0, 0.1) is 0 Å². The van der Waals surface area contributed by atoms with Gasteiger partial charge in [0.2, 0.25) is 0 Å². The van der Waals surface area contributed by atoms with Gasteiger partial charge in [0.15, 0.2) is 5.43 Å². The number of fused-ring (bicyclic) bond motifs is 1. The summed E-state index contributed by atoms with van der Waals surface area (Å²) in [6.07, 6.45) is 1.40. The molecular formula is C15H9O3-. The minimum absolute atomic E-state index is 0.123. The van der Waals surface area contributed by atoms with Gasteiger partial charge >= 0.3 is 0 Å². The summed E-state index contributed by atoms with van der Waals surface area (Å²) in [7, 11) is 0. The van der Waals surface area contributed by atoms with E-state index in [1.807, 2.05) is 30.3 Å². The van der Waals surface area contributed by atoms with E-state index in [0.717, 1.165) is 5.56 Å². The third kappa shape index (κ3) is 1.66. The second kappa shape index (κ2) is 4.04. The number of hydrogen-bond acceptors (Lipinski definition) is 3. The molecule has 0 saturated carbocycles. The third-order valence-electron chi connectivity index (χ3n) is 2.83. The van der Waals surface area contributed by atoms with E-state index in [0.29, 0.717) is 16.5 Å². The zero-order valence-corrected chi connectivity index (χ0v) is 9.42. The molecule has 0 radical (unpaired) electrons. The van der Waals surface area contributed by atoms with Gasteiger partial charge in [-0.3, -0.25) is 4.79 Å². The standard InChI is InChI=1S/C15H10O3/c16-11-6-7-12-14(8-11)18-9-13(15(12)17)10-4-2-1-3-5-10/h1-9,16H/p-1. The predicted octanol–water partition coefficient (Wildman–Crippen LogP) is 2.53. The van der Waals surface area contributed by atoms with Crippen molar-refractivity contribution in [2.75, 3.05) is 0 Å². The maximum absolute atomic E-state index is 12.3. The van der Waals surface area contributed by atoms with Crippen molar-refractivity contribution in [3.8, 4) is 16.9 Å². The molecule has 0 spiro atoms. The van der Waals surface area contributed by atoms with Gasteiger partial charge in [-0.15, -0.1) is 5.75 Å². The van der Waals surface area contributed by atoms with E-state index in [1.165, 1.54) is 24.5 Å². The number of benzene rings is 2. The van der Waals surface area contributed by atoms with Crippen LogP contribution in [0.25, 0.3) is 22.1 Å². The summed E-state index contributed by atoms with van der Waals surface area (Å²) in [5.74, 6) is -0.168. The molecule has 1 heterocycles. The first-order valence-electron chi connectivity index (χ1n) is 5.54. The van der Waals surface area contributed by atoms with Crippen LogP contribution in [0.1, 0.15) is 0 Å². The second-order valence-corrected chi connectivity index (χ2v) is 4.00. The summed E-state index contributed by atoms with van der Waals surface area (Å²) in [4.78, 5) is 12.3. The summed E-state index contributed by atoms with van der Waals surface area (Å²) in [6, 6.07) is 13.5. The Balaban J connectivity index is 2.31. The third-order valence-corrected chi connectivity index (χ3v) is 2.83. The summed E-state index contributed by atoms with van der Waals surface area (Å²) in [5.41, 5.74) is 1.51. The Morgan fingerprint density at radius 3 is 2.56 bits per heavy atom. The van der Waals surface area contributed by atoms with Gasteiger partial charge in [-0.25, -0.2) is 0 Å². The molecule has 0 aliphatic carbocycles. The second-order valence-electron chi connectivity index (χ2n) is 4.00. The first-order chi connectivity index (χ1) is 8.75. The van der Waals surface area contributed by atoms with E-state index >= 15 is 0 Å². The molecule has 0 fully saturated rings. The van der Waals surface area contributed by atoms with Crippen LogP contribution in [-0.4, -0.2) is 0 Å². The highest BCUT2D eigenvalue weighted by atomic mass is 16.3. The zero-order chi connectivity index (χ0) is 12.5. The summed E-state index contributed by atoms with van der Waals surface area (Å²) < 4.78 is 5.36. The molecule has 1 aromatic heterocycles. The molecule has 3 heteroatoms. The molecule has 0 saturated heterocycles. The van der Waals surface area contributed by atoms with Crippen LogP contribution in [-0.2, 0) is 0 Å². The van der Waals surface area contributed by atoms with Gasteiger partial charge in [0, 0.05) is 0 Å². The van der Waals surface area contributed by atoms with Crippen molar-refractivity contribution >= 4 is 11.0 Å². The van der Waals surface area contributed by atoms with Crippen LogP contribution in [0.2, 0.25) is 0 Å². The van der Waals surface area contributed by atoms with Gasteiger partial charge < -0.3 is 9.52 Å². The van der Waals surface area contributed by atoms with Crippen molar-refractivity contribution in [1.29, 1.82) is 0 Å². The first kappa shape index (κ1) is 10.6.